The fraction of sp³-hybridized carbons (Fsp3) is 0.100. The lowest BCUT2D eigenvalue weighted by Crippen LogP contribution is -1.91. The summed E-state index contributed by atoms with van der Waals surface area (Å²) in [6.45, 7) is 2.13. The molecule has 1 aromatic heterocycles. The summed E-state index contributed by atoms with van der Waals surface area (Å²) in [4.78, 5) is 4.58. The minimum absolute atomic E-state index is 0.529. The van der Waals surface area contributed by atoms with Gasteiger partial charge in [-0.15, -0.1) is 11.3 Å². The molecule has 1 heterocycles. The number of aryl methyl sites for hydroxylation is 1. The smallest absolute Gasteiger partial charge is 0.136 e. The third kappa shape index (κ3) is 3.70. The number of aromatic nitrogens is 1. The van der Waals surface area contributed by atoms with Gasteiger partial charge in [0.05, 0.1) is 5.69 Å². The number of thiazole rings is 1. The summed E-state index contributed by atoms with van der Waals surface area (Å²) < 4.78 is 0. The highest BCUT2D eigenvalue weighted by molar-refractivity contribution is 7.11. The largest absolute Gasteiger partial charge is 0.360 e. The summed E-state index contributed by atoms with van der Waals surface area (Å²) in [5.74, 6) is 0. The van der Waals surface area contributed by atoms with E-state index in [9.17, 15) is 5.26 Å². The number of hydrogen-bond donors (Lipinski definition) is 1. The van der Waals surface area contributed by atoms with Crippen molar-refractivity contribution in [2.24, 2.45) is 0 Å². The van der Waals surface area contributed by atoms with Crippen LogP contribution in [0.5, 0.6) is 0 Å². The van der Waals surface area contributed by atoms with Crippen molar-refractivity contribution in [2.75, 3.05) is 5.32 Å². The second-order valence-electron chi connectivity index (χ2n) is 5.27. The van der Waals surface area contributed by atoms with Gasteiger partial charge in [-0.25, -0.2) is 4.98 Å². The molecule has 0 spiro atoms. The highest BCUT2D eigenvalue weighted by Gasteiger charge is 2.08. The summed E-state index contributed by atoms with van der Waals surface area (Å²) >= 11 is 1.48. The minimum Gasteiger partial charge on any atom is -0.360 e. The van der Waals surface area contributed by atoms with Gasteiger partial charge in [-0.1, -0.05) is 49.4 Å². The van der Waals surface area contributed by atoms with Gasteiger partial charge in [0.2, 0.25) is 0 Å². The fourth-order valence-electron chi connectivity index (χ4n) is 2.27. The summed E-state index contributed by atoms with van der Waals surface area (Å²) in [5.41, 5.74) is 4.73. The van der Waals surface area contributed by atoms with Crippen molar-refractivity contribution in [1.29, 1.82) is 5.26 Å². The van der Waals surface area contributed by atoms with E-state index >= 15 is 0 Å². The Morgan fingerprint density at radius 2 is 1.92 bits per heavy atom. The van der Waals surface area contributed by atoms with Gasteiger partial charge < -0.3 is 5.32 Å². The molecule has 0 amide bonds. The average molecular weight is 331 g/mol. The highest BCUT2D eigenvalue weighted by atomic mass is 32.1. The van der Waals surface area contributed by atoms with Crippen LogP contribution in [-0.4, -0.2) is 4.98 Å². The van der Waals surface area contributed by atoms with Crippen LogP contribution in [0.3, 0.4) is 0 Å². The normalized spacial score (nSPS) is 11.1. The molecule has 0 atom stereocenters. The number of nitrogens with one attached hydrogen (secondary N) is 1. The number of benzene rings is 2. The van der Waals surface area contributed by atoms with Gasteiger partial charge in [0.25, 0.3) is 0 Å². The third-order valence-corrected chi connectivity index (χ3v) is 4.55. The summed E-state index contributed by atoms with van der Waals surface area (Å²) in [7, 11) is 0. The Kier molecular flexibility index (Phi) is 5.05. The third-order valence-electron chi connectivity index (χ3n) is 3.67. The Morgan fingerprint density at radius 3 is 2.58 bits per heavy atom. The molecule has 118 valence electrons. The molecular weight excluding hydrogens is 314 g/mol. The first kappa shape index (κ1) is 16.0. The van der Waals surface area contributed by atoms with Gasteiger partial charge in [-0.2, -0.15) is 5.26 Å². The maximum Gasteiger partial charge on any atom is 0.136 e. The van der Waals surface area contributed by atoms with Gasteiger partial charge in [-0.3, -0.25) is 0 Å². The molecule has 0 saturated heterocycles. The molecule has 3 nitrogen and oxygen atoms in total. The maximum atomic E-state index is 9.43. The zero-order valence-corrected chi connectivity index (χ0v) is 14.2. The number of nitrogens with zero attached hydrogens (tertiary/aromatic N) is 2. The van der Waals surface area contributed by atoms with Gasteiger partial charge in [0, 0.05) is 22.8 Å². The van der Waals surface area contributed by atoms with Crippen molar-refractivity contribution in [3.8, 4) is 17.3 Å². The van der Waals surface area contributed by atoms with E-state index in [1.807, 2.05) is 47.8 Å². The van der Waals surface area contributed by atoms with Crippen molar-refractivity contribution in [2.45, 2.75) is 13.3 Å². The first-order valence-electron chi connectivity index (χ1n) is 7.77. The van der Waals surface area contributed by atoms with E-state index in [0.717, 1.165) is 23.4 Å². The number of anilines is 1. The van der Waals surface area contributed by atoms with Crippen molar-refractivity contribution >= 4 is 22.6 Å². The molecular formula is C20H17N3S. The Bertz CT molecular complexity index is 871. The maximum absolute atomic E-state index is 9.43. The van der Waals surface area contributed by atoms with Crippen LogP contribution in [0, 0.1) is 11.3 Å². The second-order valence-corrected chi connectivity index (χ2v) is 6.13. The molecule has 2 aromatic carbocycles. The minimum atomic E-state index is 0.529. The van der Waals surface area contributed by atoms with Crippen LogP contribution in [0.25, 0.3) is 16.8 Å². The predicted molar refractivity (Wildman–Crippen MR) is 101 cm³/mol. The molecule has 0 aliphatic heterocycles. The SMILES string of the molecule is CCc1ccc(N/C=C(/C#N)c2nc(-c3ccccc3)cs2)cc1. The van der Waals surface area contributed by atoms with Crippen LogP contribution in [0.2, 0.25) is 0 Å². The topological polar surface area (TPSA) is 48.7 Å². The van der Waals surface area contributed by atoms with E-state index < -0.39 is 0 Å². The van der Waals surface area contributed by atoms with Gasteiger partial charge >= 0.3 is 0 Å². The average Bonchev–Trinajstić information content (AvgIpc) is 3.13. The van der Waals surface area contributed by atoms with Crippen molar-refractivity contribution < 1.29 is 0 Å². The summed E-state index contributed by atoms with van der Waals surface area (Å²) in [5, 5.41) is 15.3. The van der Waals surface area contributed by atoms with E-state index in [1.54, 1.807) is 6.20 Å². The lowest BCUT2D eigenvalue weighted by Gasteiger charge is -2.02. The summed E-state index contributed by atoms with van der Waals surface area (Å²) in [6, 6.07) is 20.4. The highest BCUT2D eigenvalue weighted by Crippen LogP contribution is 2.26. The monoisotopic (exact) mass is 331 g/mol. The van der Waals surface area contributed by atoms with E-state index in [4.69, 9.17) is 0 Å². The Balaban J connectivity index is 1.78. The van der Waals surface area contributed by atoms with Gasteiger partial charge in [-0.05, 0) is 24.1 Å². The molecule has 0 aliphatic carbocycles. The van der Waals surface area contributed by atoms with Gasteiger partial charge in [0.1, 0.15) is 16.6 Å². The van der Waals surface area contributed by atoms with Gasteiger partial charge in [0.15, 0.2) is 0 Å². The molecule has 0 aliphatic rings. The first-order valence-corrected chi connectivity index (χ1v) is 8.65. The van der Waals surface area contributed by atoms with Crippen LogP contribution >= 0.6 is 11.3 Å². The van der Waals surface area contributed by atoms with Crippen LogP contribution in [0.4, 0.5) is 5.69 Å². The van der Waals surface area contributed by atoms with Crippen molar-refractivity contribution in [3.05, 3.63) is 76.7 Å². The van der Waals surface area contributed by atoms with Crippen molar-refractivity contribution in [1.82, 2.24) is 4.98 Å². The van der Waals surface area contributed by atoms with Crippen LogP contribution in [0.1, 0.15) is 17.5 Å². The van der Waals surface area contributed by atoms with E-state index in [1.165, 1.54) is 16.9 Å². The van der Waals surface area contributed by atoms with Crippen LogP contribution in [-0.2, 0) is 6.42 Å². The van der Waals surface area contributed by atoms with E-state index in [-0.39, 0.29) is 0 Å². The van der Waals surface area contributed by atoms with Crippen molar-refractivity contribution in [3.63, 3.8) is 0 Å². The molecule has 0 radical (unpaired) electrons. The number of allylic oxidation sites excluding steroid dienone is 1. The zero-order valence-electron chi connectivity index (χ0n) is 13.4. The molecule has 4 heteroatoms. The molecule has 1 N–H and O–H groups in total. The standard InChI is InChI=1S/C20H17N3S/c1-2-15-8-10-18(11-9-15)22-13-17(12-21)20-23-19(14-24-20)16-6-4-3-5-7-16/h3-11,13-14,22H,2H2,1H3/b17-13-. The number of hydrogen-bond acceptors (Lipinski definition) is 4. The predicted octanol–water partition coefficient (Wildman–Crippen LogP) is 5.35. The molecule has 24 heavy (non-hydrogen) atoms. The van der Waals surface area contributed by atoms with E-state index in [2.05, 4.69) is 35.4 Å². The molecule has 3 aromatic rings. The fourth-order valence-corrected chi connectivity index (χ4v) is 3.07. The Labute approximate surface area is 145 Å². The summed E-state index contributed by atoms with van der Waals surface area (Å²) in [6.07, 6.45) is 2.73. The quantitative estimate of drug-likeness (QED) is 0.641. The molecule has 0 saturated carbocycles. The number of rotatable bonds is 5. The zero-order chi connectivity index (χ0) is 16.8. The van der Waals surface area contributed by atoms with E-state index in [0.29, 0.717) is 10.6 Å². The molecule has 0 bridgehead atoms. The molecule has 0 unspecified atom stereocenters. The lowest BCUT2D eigenvalue weighted by atomic mass is 10.1. The Morgan fingerprint density at radius 1 is 1.17 bits per heavy atom. The van der Waals surface area contributed by atoms with Crippen LogP contribution in [0.15, 0.2) is 66.2 Å². The molecule has 0 fully saturated rings. The Hall–Kier alpha value is -2.90. The molecule has 3 rings (SSSR count). The first-order chi connectivity index (χ1) is 11.8. The number of nitriles is 1. The van der Waals surface area contributed by atoms with Crippen LogP contribution < -0.4 is 5.32 Å². The second kappa shape index (κ2) is 7.58. The lowest BCUT2D eigenvalue weighted by molar-refractivity contribution is 1.14.